The van der Waals surface area contributed by atoms with Crippen LogP contribution in [0.1, 0.15) is 25.7 Å². The minimum atomic E-state index is -0.281. The van der Waals surface area contributed by atoms with Crippen molar-refractivity contribution in [2.45, 2.75) is 25.7 Å². The van der Waals surface area contributed by atoms with Crippen molar-refractivity contribution in [2.24, 2.45) is 0 Å². The first kappa shape index (κ1) is 11.8. The highest BCUT2D eigenvalue weighted by atomic mass is 16.2. The largest absolute Gasteiger partial charge is 0.340 e. The van der Waals surface area contributed by atoms with E-state index < -0.39 is 0 Å². The average molecular weight is 238 g/mol. The number of hydrogen-bond donors (Lipinski definition) is 0. The topological polar surface area (TPSA) is 74.8 Å². The summed E-state index contributed by atoms with van der Waals surface area (Å²) in [7, 11) is 0. The smallest absolute Gasteiger partial charge is 0.242 e. The normalized spacial score (nSPS) is 21.3. The molecule has 2 aliphatic rings. The molecule has 6 nitrogen and oxygen atoms in total. The second kappa shape index (κ2) is 4.65. The van der Waals surface area contributed by atoms with Crippen LogP contribution in [0.15, 0.2) is 0 Å². The van der Waals surface area contributed by atoms with Gasteiger partial charge >= 0.3 is 0 Å². The monoisotopic (exact) mass is 238 g/mol. The molecule has 92 valence electrons. The van der Waals surface area contributed by atoms with E-state index in [4.69, 9.17) is 0 Å². The molecule has 2 rings (SSSR count). The maximum Gasteiger partial charge on any atom is 0.242 e. The summed E-state index contributed by atoms with van der Waals surface area (Å²) in [5.74, 6) is -0.656. The number of piperidine rings is 1. The van der Waals surface area contributed by atoms with Crippen molar-refractivity contribution in [3.05, 3.63) is 0 Å². The molecule has 0 spiro atoms. The molecule has 0 atom stereocenters. The minimum absolute atomic E-state index is 0.155. The van der Waals surface area contributed by atoms with Crippen LogP contribution in [0.25, 0.3) is 0 Å². The average Bonchev–Trinajstić information content (AvgIpc) is 2.61. The molecule has 2 fully saturated rings. The molecule has 0 bridgehead atoms. The molecule has 0 aromatic heterocycles. The summed E-state index contributed by atoms with van der Waals surface area (Å²) >= 11 is 0. The molecule has 3 amide bonds. The van der Waals surface area contributed by atoms with E-state index in [0.29, 0.717) is 25.9 Å². The van der Waals surface area contributed by atoms with Crippen LogP contribution in [0.4, 0.5) is 0 Å². The lowest BCUT2D eigenvalue weighted by Crippen LogP contribution is -2.45. The van der Waals surface area contributed by atoms with E-state index in [0.717, 1.165) is 4.90 Å². The summed E-state index contributed by atoms with van der Waals surface area (Å²) in [6, 6.07) is 0. The van der Waals surface area contributed by atoms with Gasteiger partial charge in [0.1, 0.15) is 12.3 Å². The fourth-order valence-corrected chi connectivity index (χ4v) is 2.04. The van der Waals surface area contributed by atoms with E-state index in [1.165, 1.54) is 0 Å². The summed E-state index contributed by atoms with van der Waals surface area (Å²) < 4.78 is 0. The fourth-order valence-electron chi connectivity index (χ4n) is 2.04. The van der Waals surface area contributed by atoms with Crippen LogP contribution in [0.2, 0.25) is 0 Å². The van der Waals surface area contributed by atoms with Crippen LogP contribution >= 0.6 is 0 Å². The van der Waals surface area contributed by atoms with Gasteiger partial charge in [0.25, 0.3) is 0 Å². The second-order valence-electron chi connectivity index (χ2n) is 4.29. The molecule has 2 heterocycles. The Morgan fingerprint density at radius 3 is 2.00 bits per heavy atom. The Morgan fingerprint density at radius 1 is 0.941 bits per heavy atom. The molecule has 2 aliphatic heterocycles. The summed E-state index contributed by atoms with van der Waals surface area (Å²) in [5, 5.41) is 0. The standard InChI is InChI=1S/C11H14N2O4/c14-8-3-5-12(6-4-8)11(17)7-13-9(15)1-2-10(13)16/h1-7H2. The Balaban J connectivity index is 1.90. The summed E-state index contributed by atoms with van der Waals surface area (Å²) in [5.41, 5.74) is 0. The van der Waals surface area contributed by atoms with Gasteiger partial charge < -0.3 is 4.90 Å². The van der Waals surface area contributed by atoms with E-state index in [2.05, 4.69) is 0 Å². The van der Waals surface area contributed by atoms with Gasteiger partial charge in [0.2, 0.25) is 17.7 Å². The van der Waals surface area contributed by atoms with Crippen molar-refractivity contribution in [3.8, 4) is 0 Å². The first-order valence-corrected chi connectivity index (χ1v) is 5.70. The van der Waals surface area contributed by atoms with Crippen molar-refractivity contribution >= 4 is 23.5 Å². The first-order valence-electron chi connectivity index (χ1n) is 5.70. The molecule has 0 unspecified atom stereocenters. The lowest BCUT2D eigenvalue weighted by atomic mass is 10.1. The third-order valence-electron chi connectivity index (χ3n) is 3.12. The maximum atomic E-state index is 11.8. The van der Waals surface area contributed by atoms with Gasteiger partial charge in [-0.3, -0.25) is 24.1 Å². The van der Waals surface area contributed by atoms with Gasteiger partial charge in [-0.2, -0.15) is 0 Å². The van der Waals surface area contributed by atoms with Crippen LogP contribution < -0.4 is 0 Å². The van der Waals surface area contributed by atoms with Crippen molar-refractivity contribution in [1.82, 2.24) is 9.80 Å². The fraction of sp³-hybridized carbons (Fsp3) is 0.636. The number of carbonyl (C=O) groups is 4. The number of imide groups is 1. The van der Waals surface area contributed by atoms with Gasteiger partial charge in [-0.25, -0.2) is 0 Å². The Labute approximate surface area is 98.5 Å². The van der Waals surface area contributed by atoms with Crippen molar-refractivity contribution in [2.75, 3.05) is 19.6 Å². The molecule has 0 N–H and O–H groups in total. The highest BCUT2D eigenvalue weighted by Crippen LogP contribution is 2.13. The van der Waals surface area contributed by atoms with Crippen LogP contribution in [0, 0.1) is 0 Å². The molecule has 0 aromatic carbocycles. The molecule has 0 aromatic rings. The van der Waals surface area contributed by atoms with Gasteiger partial charge in [-0.05, 0) is 0 Å². The number of likely N-dealkylation sites (tertiary alicyclic amines) is 2. The molecular weight excluding hydrogens is 224 g/mol. The zero-order valence-corrected chi connectivity index (χ0v) is 9.48. The van der Waals surface area contributed by atoms with E-state index in [9.17, 15) is 19.2 Å². The van der Waals surface area contributed by atoms with Crippen LogP contribution in [-0.2, 0) is 19.2 Å². The van der Waals surface area contributed by atoms with Gasteiger partial charge in [-0.15, -0.1) is 0 Å². The quantitative estimate of drug-likeness (QED) is 0.598. The number of carbonyl (C=O) groups excluding carboxylic acids is 4. The first-order chi connectivity index (χ1) is 8.08. The van der Waals surface area contributed by atoms with Gasteiger partial charge in [-0.1, -0.05) is 0 Å². The lowest BCUT2D eigenvalue weighted by Gasteiger charge is -2.27. The number of nitrogens with zero attached hydrogens (tertiary/aromatic N) is 2. The van der Waals surface area contributed by atoms with E-state index in [1.54, 1.807) is 4.90 Å². The number of hydrogen-bond acceptors (Lipinski definition) is 4. The molecular formula is C11H14N2O4. The van der Waals surface area contributed by atoms with Crippen molar-refractivity contribution < 1.29 is 19.2 Å². The number of ketones is 1. The third kappa shape index (κ3) is 2.51. The van der Waals surface area contributed by atoms with Gasteiger partial charge in [0.05, 0.1) is 0 Å². The van der Waals surface area contributed by atoms with E-state index >= 15 is 0 Å². The Morgan fingerprint density at radius 2 is 1.47 bits per heavy atom. The Kier molecular flexibility index (Phi) is 3.21. The van der Waals surface area contributed by atoms with Crippen LogP contribution in [0.5, 0.6) is 0 Å². The Hall–Kier alpha value is -1.72. The van der Waals surface area contributed by atoms with Crippen LogP contribution in [-0.4, -0.2) is 52.9 Å². The predicted molar refractivity (Wildman–Crippen MR) is 56.8 cm³/mol. The minimum Gasteiger partial charge on any atom is -0.340 e. The molecule has 6 heteroatoms. The number of amides is 3. The van der Waals surface area contributed by atoms with E-state index in [1.807, 2.05) is 0 Å². The highest BCUT2D eigenvalue weighted by molar-refractivity contribution is 6.04. The van der Waals surface area contributed by atoms with Crippen LogP contribution in [0.3, 0.4) is 0 Å². The lowest BCUT2D eigenvalue weighted by molar-refractivity contribution is -0.146. The number of Topliss-reactive ketones (excluding diaryl/α,β-unsaturated/α-hetero) is 1. The zero-order chi connectivity index (χ0) is 12.4. The molecule has 2 saturated heterocycles. The van der Waals surface area contributed by atoms with Crippen molar-refractivity contribution in [1.29, 1.82) is 0 Å². The van der Waals surface area contributed by atoms with Gasteiger partial charge in [0, 0.05) is 38.8 Å². The number of rotatable bonds is 2. The SMILES string of the molecule is O=C1CCN(C(=O)CN2C(=O)CCC2=O)CC1. The summed E-state index contributed by atoms with van der Waals surface area (Å²) in [4.78, 5) is 48.1. The molecule has 17 heavy (non-hydrogen) atoms. The highest BCUT2D eigenvalue weighted by Gasteiger charge is 2.32. The maximum absolute atomic E-state index is 11.8. The van der Waals surface area contributed by atoms with Gasteiger partial charge in [0.15, 0.2) is 0 Å². The Bertz CT molecular complexity index is 365. The zero-order valence-electron chi connectivity index (χ0n) is 9.48. The molecule has 0 saturated carbocycles. The molecule has 0 radical (unpaired) electrons. The predicted octanol–water partition coefficient (Wildman–Crippen LogP) is -0.673. The third-order valence-corrected chi connectivity index (χ3v) is 3.12. The van der Waals surface area contributed by atoms with Crippen molar-refractivity contribution in [3.63, 3.8) is 0 Å². The van der Waals surface area contributed by atoms with E-state index in [-0.39, 0.29) is 42.9 Å². The summed E-state index contributed by atoms with van der Waals surface area (Å²) in [6.07, 6.45) is 1.14. The second-order valence-corrected chi connectivity index (χ2v) is 4.29. The molecule has 0 aliphatic carbocycles. The summed E-state index contributed by atoms with van der Waals surface area (Å²) in [6.45, 7) is 0.619.